The predicted molar refractivity (Wildman–Crippen MR) is 110 cm³/mol. The number of rotatable bonds is 5. The normalized spacial score (nSPS) is 17.9. The minimum absolute atomic E-state index is 0.314. The van der Waals surface area contributed by atoms with Crippen molar-refractivity contribution in [3.8, 4) is 0 Å². The van der Waals surface area contributed by atoms with Crippen molar-refractivity contribution in [3.63, 3.8) is 0 Å². The van der Waals surface area contributed by atoms with Gasteiger partial charge in [0.15, 0.2) is 0 Å². The number of piperazine rings is 1. The molecule has 2 aromatic rings. The van der Waals surface area contributed by atoms with Crippen LogP contribution in [0.5, 0.6) is 0 Å². The van der Waals surface area contributed by atoms with E-state index in [1.807, 2.05) is 18.2 Å². The van der Waals surface area contributed by atoms with Crippen LogP contribution in [0.1, 0.15) is 29.8 Å². The Bertz CT molecular complexity index is 776. The van der Waals surface area contributed by atoms with E-state index in [1.54, 1.807) is 6.07 Å². The fourth-order valence-corrected chi connectivity index (χ4v) is 3.80. The number of nitrogens with zero attached hydrogens (tertiary/aromatic N) is 2. The fraction of sp³-hybridized carbons (Fsp3) is 0.409. The molecule has 2 N–H and O–H groups in total. The second-order valence-electron chi connectivity index (χ2n) is 7.49. The van der Waals surface area contributed by atoms with E-state index in [2.05, 4.69) is 47.9 Å². The van der Waals surface area contributed by atoms with Crippen LogP contribution in [0.4, 0.5) is 11.4 Å². The molecule has 0 unspecified atom stereocenters. The zero-order valence-electron chi connectivity index (χ0n) is 16.4. The first-order chi connectivity index (χ1) is 13.0. The van der Waals surface area contributed by atoms with Crippen molar-refractivity contribution >= 4 is 17.3 Å². The first-order valence-electron chi connectivity index (χ1n) is 9.50. The highest BCUT2D eigenvalue weighted by Crippen LogP contribution is 2.30. The summed E-state index contributed by atoms with van der Waals surface area (Å²) in [5.41, 5.74) is 9.27. The van der Waals surface area contributed by atoms with Crippen LogP contribution in [0.3, 0.4) is 0 Å². The Morgan fingerprint density at radius 2 is 1.93 bits per heavy atom. The Hall–Kier alpha value is -2.53. The van der Waals surface area contributed by atoms with Gasteiger partial charge < -0.3 is 15.4 Å². The van der Waals surface area contributed by atoms with Crippen LogP contribution >= 0.6 is 0 Å². The molecule has 0 aliphatic carbocycles. The molecule has 0 aromatic heterocycles. The SMILES string of the molecule is COC(=O)c1cc(N)ccc1N1CCN(Cc2ccccc2)C[C@@H]1C(C)C. The van der Waals surface area contributed by atoms with E-state index in [0.29, 0.717) is 23.2 Å². The molecule has 0 amide bonds. The number of ether oxygens (including phenoxy) is 1. The maximum atomic E-state index is 12.3. The molecule has 0 saturated carbocycles. The van der Waals surface area contributed by atoms with Crippen LogP contribution in [-0.2, 0) is 11.3 Å². The predicted octanol–water partition coefficient (Wildman–Crippen LogP) is 3.40. The quantitative estimate of drug-likeness (QED) is 0.648. The van der Waals surface area contributed by atoms with Gasteiger partial charge >= 0.3 is 5.97 Å². The van der Waals surface area contributed by atoms with Crippen molar-refractivity contribution < 1.29 is 9.53 Å². The summed E-state index contributed by atoms with van der Waals surface area (Å²) in [5.74, 6) is 0.109. The highest BCUT2D eigenvalue weighted by atomic mass is 16.5. The lowest BCUT2D eigenvalue weighted by molar-refractivity contribution is 0.0601. The van der Waals surface area contributed by atoms with Crippen molar-refractivity contribution in [2.24, 2.45) is 5.92 Å². The molecule has 3 rings (SSSR count). The minimum atomic E-state index is -0.341. The van der Waals surface area contributed by atoms with Crippen molar-refractivity contribution in [2.45, 2.75) is 26.4 Å². The second kappa shape index (κ2) is 8.44. The highest BCUT2D eigenvalue weighted by Gasteiger charge is 2.31. The molecule has 1 fully saturated rings. The average Bonchev–Trinajstić information content (AvgIpc) is 2.68. The Morgan fingerprint density at radius 3 is 2.59 bits per heavy atom. The van der Waals surface area contributed by atoms with E-state index in [0.717, 1.165) is 31.9 Å². The molecule has 144 valence electrons. The van der Waals surface area contributed by atoms with Gasteiger partial charge in [-0.2, -0.15) is 0 Å². The molecule has 5 nitrogen and oxygen atoms in total. The third-order valence-corrected chi connectivity index (χ3v) is 5.26. The van der Waals surface area contributed by atoms with Crippen LogP contribution in [0.15, 0.2) is 48.5 Å². The van der Waals surface area contributed by atoms with Gasteiger partial charge in [-0.25, -0.2) is 4.79 Å². The van der Waals surface area contributed by atoms with Crippen LogP contribution in [0.25, 0.3) is 0 Å². The summed E-state index contributed by atoms with van der Waals surface area (Å²) in [6.07, 6.45) is 0. The number of esters is 1. The van der Waals surface area contributed by atoms with Gasteiger partial charge in [0.25, 0.3) is 0 Å². The number of carbonyl (C=O) groups excluding carboxylic acids is 1. The lowest BCUT2D eigenvalue weighted by Gasteiger charge is -2.45. The first-order valence-corrected chi connectivity index (χ1v) is 9.50. The van der Waals surface area contributed by atoms with Crippen molar-refractivity contribution in [1.29, 1.82) is 0 Å². The smallest absolute Gasteiger partial charge is 0.340 e. The summed E-state index contributed by atoms with van der Waals surface area (Å²) in [6, 6.07) is 16.4. The summed E-state index contributed by atoms with van der Waals surface area (Å²) in [4.78, 5) is 17.1. The molecule has 1 saturated heterocycles. The zero-order valence-corrected chi connectivity index (χ0v) is 16.4. The summed E-state index contributed by atoms with van der Waals surface area (Å²) in [6.45, 7) is 8.19. The number of methoxy groups -OCH3 is 1. The second-order valence-corrected chi connectivity index (χ2v) is 7.49. The van der Waals surface area contributed by atoms with Crippen LogP contribution in [0, 0.1) is 5.92 Å². The Labute approximate surface area is 161 Å². The number of hydrogen-bond acceptors (Lipinski definition) is 5. The van der Waals surface area contributed by atoms with Crippen LogP contribution in [0.2, 0.25) is 0 Å². The van der Waals surface area contributed by atoms with Gasteiger partial charge in [-0.3, -0.25) is 4.90 Å². The Kier molecular flexibility index (Phi) is 6.01. The molecule has 1 aliphatic rings. The summed E-state index contributed by atoms with van der Waals surface area (Å²) >= 11 is 0. The molecule has 1 aliphatic heterocycles. The van der Waals surface area contributed by atoms with E-state index in [-0.39, 0.29) is 5.97 Å². The standard InChI is InChI=1S/C22H29N3O2/c1-16(2)21-15-24(14-17-7-5-4-6-8-17)11-12-25(21)20-10-9-18(23)13-19(20)22(26)27-3/h4-10,13,16,21H,11-12,14-15,23H2,1-3H3/t21-/m1/s1. The van der Waals surface area contributed by atoms with E-state index >= 15 is 0 Å². The number of carbonyl (C=O) groups is 1. The Morgan fingerprint density at radius 1 is 1.19 bits per heavy atom. The van der Waals surface area contributed by atoms with Crippen LogP contribution in [-0.4, -0.2) is 43.7 Å². The van der Waals surface area contributed by atoms with Crippen LogP contribution < -0.4 is 10.6 Å². The summed E-state index contributed by atoms with van der Waals surface area (Å²) in [5, 5.41) is 0. The summed E-state index contributed by atoms with van der Waals surface area (Å²) < 4.78 is 4.99. The lowest BCUT2D eigenvalue weighted by atomic mass is 9.97. The maximum absolute atomic E-state index is 12.3. The largest absolute Gasteiger partial charge is 0.465 e. The number of benzene rings is 2. The molecule has 1 heterocycles. The molecule has 27 heavy (non-hydrogen) atoms. The third-order valence-electron chi connectivity index (χ3n) is 5.26. The van der Waals surface area contributed by atoms with Gasteiger partial charge in [0.05, 0.1) is 18.4 Å². The molecule has 1 atom stereocenters. The number of nitrogens with two attached hydrogens (primary N) is 1. The topological polar surface area (TPSA) is 58.8 Å². The van der Waals surface area contributed by atoms with E-state index < -0.39 is 0 Å². The fourth-order valence-electron chi connectivity index (χ4n) is 3.80. The minimum Gasteiger partial charge on any atom is -0.465 e. The first kappa shape index (κ1) is 19.2. The molecular weight excluding hydrogens is 338 g/mol. The average molecular weight is 367 g/mol. The molecule has 5 heteroatoms. The third kappa shape index (κ3) is 4.42. The van der Waals surface area contributed by atoms with Gasteiger partial charge in [0.2, 0.25) is 0 Å². The van der Waals surface area contributed by atoms with Gasteiger partial charge in [-0.05, 0) is 29.7 Å². The lowest BCUT2D eigenvalue weighted by Crippen LogP contribution is -2.55. The van der Waals surface area contributed by atoms with Crippen molar-refractivity contribution in [3.05, 3.63) is 59.7 Å². The van der Waals surface area contributed by atoms with Gasteiger partial charge in [0, 0.05) is 37.9 Å². The van der Waals surface area contributed by atoms with Gasteiger partial charge in [0.1, 0.15) is 0 Å². The number of anilines is 2. The molecule has 0 radical (unpaired) electrons. The Balaban J connectivity index is 1.84. The number of nitrogen functional groups attached to an aromatic ring is 1. The number of hydrogen-bond donors (Lipinski definition) is 1. The molecule has 0 bridgehead atoms. The monoisotopic (exact) mass is 367 g/mol. The zero-order chi connectivity index (χ0) is 19.4. The summed E-state index contributed by atoms with van der Waals surface area (Å²) in [7, 11) is 1.41. The molecule has 0 spiro atoms. The van der Waals surface area contributed by atoms with Gasteiger partial charge in [-0.1, -0.05) is 44.2 Å². The maximum Gasteiger partial charge on any atom is 0.340 e. The highest BCUT2D eigenvalue weighted by molar-refractivity contribution is 5.97. The van der Waals surface area contributed by atoms with Crippen molar-refractivity contribution in [2.75, 3.05) is 37.4 Å². The van der Waals surface area contributed by atoms with E-state index in [1.165, 1.54) is 12.7 Å². The van der Waals surface area contributed by atoms with Gasteiger partial charge in [-0.15, -0.1) is 0 Å². The van der Waals surface area contributed by atoms with Crippen molar-refractivity contribution in [1.82, 2.24) is 4.90 Å². The van der Waals surface area contributed by atoms with E-state index in [9.17, 15) is 4.79 Å². The molecular formula is C22H29N3O2. The van der Waals surface area contributed by atoms with E-state index in [4.69, 9.17) is 10.5 Å². The molecule has 2 aromatic carbocycles.